The molecular weight excluding hydrogens is 330 g/mol. The van der Waals surface area contributed by atoms with Gasteiger partial charge in [-0.15, -0.1) is 0 Å². The van der Waals surface area contributed by atoms with E-state index in [4.69, 9.17) is 4.74 Å². The summed E-state index contributed by atoms with van der Waals surface area (Å²) in [4.78, 5) is 12.2. The SMILES string of the molecule is COc1cc(/C(C)=N\NC(=O)c2ccccc2C)ccc1OC(F)F. The van der Waals surface area contributed by atoms with Crippen LogP contribution in [0.25, 0.3) is 0 Å². The van der Waals surface area contributed by atoms with Crippen molar-refractivity contribution in [1.82, 2.24) is 5.43 Å². The lowest BCUT2D eigenvalue weighted by Crippen LogP contribution is -2.20. The number of hydrogen-bond donors (Lipinski definition) is 1. The van der Waals surface area contributed by atoms with Crippen LogP contribution < -0.4 is 14.9 Å². The number of benzene rings is 2. The first-order valence-electron chi connectivity index (χ1n) is 7.46. The lowest BCUT2D eigenvalue weighted by molar-refractivity contribution is -0.0512. The van der Waals surface area contributed by atoms with E-state index in [0.717, 1.165) is 5.56 Å². The van der Waals surface area contributed by atoms with Crippen LogP contribution in [0.5, 0.6) is 11.5 Å². The van der Waals surface area contributed by atoms with Crippen LogP contribution in [0.15, 0.2) is 47.6 Å². The van der Waals surface area contributed by atoms with Crippen LogP contribution in [0, 0.1) is 6.92 Å². The van der Waals surface area contributed by atoms with E-state index in [0.29, 0.717) is 16.8 Å². The summed E-state index contributed by atoms with van der Waals surface area (Å²) in [6, 6.07) is 11.6. The first-order chi connectivity index (χ1) is 11.9. The van der Waals surface area contributed by atoms with E-state index in [9.17, 15) is 13.6 Å². The van der Waals surface area contributed by atoms with Gasteiger partial charge in [0.1, 0.15) is 0 Å². The molecule has 2 rings (SSSR count). The number of aryl methyl sites for hydroxylation is 1. The smallest absolute Gasteiger partial charge is 0.387 e. The molecule has 7 heteroatoms. The fourth-order valence-corrected chi connectivity index (χ4v) is 2.17. The van der Waals surface area contributed by atoms with Gasteiger partial charge >= 0.3 is 6.61 Å². The van der Waals surface area contributed by atoms with Gasteiger partial charge in [0.2, 0.25) is 0 Å². The first-order valence-corrected chi connectivity index (χ1v) is 7.46. The summed E-state index contributed by atoms with van der Waals surface area (Å²) in [5.41, 5.74) is 4.93. The average Bonchev–Trinajstić information content (AvgIpc) is 2.59. The number of alkyl halides is 2. The zero-order valence-corrected chi connectivity index (χ0v) is 14.0. The van der Waals surface area contributed by atoms with Crippen molar-refractivity contribution in [2.24, 2.45) is 5.10 Å². The minimum Gasteiger partial charge on any atom is -0.493 e. The molecule has 0 aliphatic carbocycles. The number of halogens is 2. The molecule has 0 saturated carbocycles. The number of methoxy groups -OCH3 is 1. The molecule has 0 radical (unpaired) electrons. The second kappa shape index (κ2) is 8.23. The Labute approximate surface area is 144 Å². The maximum absolute atomic E-state index is 12.4. The maximum atomic E-state index is 12.4. The number of nitrogens with zero attached hydrogens (tertiary/aromatic N) is 1. The molecule has 0 bridgehead atoms. The third-order valence-corrected chi connectivity index (χ3v) is 3.51. The van der Waals surface area contributed by atoms with Crippen LogP contribution in [0.4, 0.5) is 8.78 Å². The Morgan fingerprint density at radius 3 is 2.52 bits per heavy atom. The molecule has 0 unspecified atom stereocenters. The van der Waals surface area contributed by atoms with Gasteiger partial charge < -0.3 is 9.47 Å². The highest BCUT2D eigenvalue weighted by Crippen LogP contribution is 2.29. The Kier molecular flexibility index (Phi) is 6.05. The van der Waals surface area contributed by atoms with Crippen molar-refractivity contribution in [2.45, 2.75) is 20.5 Å². The van der Waals surface area contributed by atoms with Crippen molar-refractivity contribution >= 4 is 11.6 Å². The molecule has 2 aromatic rings. The molecule has 0 saturated heterocycles. The number of carbonyl (C=O) groups is 1. The second-order valence-electron chi connectivity index (χ2n) is 5.20. The number of carbonyl (C=O) groups excluding carboxylic acids is 1. The van der Waals surface area contributed by atoms with Gasteiger partial charge in [0.25, 0.3) is 5.91 Å². The summed E-state index contributed by atoms with van der Waals surface area (Å²) in [5, 5.41) is 4.05. The quantitative estimate of drug-likeness (QED) is 0.639. The van der Waals surface area contributed by atoms with Crippen molar-refractivity contribution in [3.8, 4) is 11.5 Å². The Morgan fingerprint density at radius 2 is 1.88 bits per heavy atom. The summed E-state index contributed by atoms with van der Waals surface area (Å²) in [5.74, 6) is -0.252. The summed E-state index contributed by atoms with van der Waals surface area (Å²) < 4.78 is 34.1. The van der Waals surface area contributed by atoms with E-state index in [2.05, 4.69) is 15.3 Å². The van der Waals surface area contributed by atoms with Crippen LogP contribution in [0.2, 0.25) is 0 Å². The van der Waals surface area contributed by atoms with E-state index in [-0.39, 0.29) is 17.4 Å². The van der Waals surface area contributed by atoms with E-state index < -0.39 is 6.61 Å². The van der Waals surface area contributed by atoms with Crippen LogP contribution in [-0.4, -0.2) is 25.3 Å². The molecule has 1 amide bonds. The summed E-state index contributed by atoms with van der Waals surface area (Å²) in [6.07, 6.45) is 0. The van der Waals surface area contributed by atoms with Crippen LogP contribution in [0.3, 0.4) is 0 Å². The predicted molar refractivity (Wildman–Crippen MR) is 90.5 cm³/mol. The summed E-state index contributed by atoms with van der Waals surface area (Å²) in [6.45, 7) is 0.571. The van der Waals surface area contributed by atoms with E-state index in [1.54, 1.807) is 25.1 Å². The highest BCUT2D eigenvalue weighted by molar-refractivity contribution is 6.01. The highest BCUT2D eigenvalue weighted by atomic mass is 19.3. The molecule has 0 fully saturated rings. The van der Waals surface area contributed by atoms with Crippen molar-refractivity contribution in [3.05, 3.63) is 59.2 Å². The van der Waals surface area contributed by atoms with Gasteiger partial charge in [0.05, 0.1) is 12.8 Å². The number of hydrogen-bond acceptors (Lipinski definition) is 4. The highest BCUT2D eigenvalue weighted by Gasteiger charge is 2.12. The number of ether oxygens (including phenoxy) is 2. The topological polar surface area (TPSA) is 59.9 Å². The van der Waals surface area contributed by atoms with E-state index >= 15 is 0 Å². The standard InChI is InChI=1S/C18H18F2N2O3/c1-11-6-4-5-7-14(11)17(23)22-21-12(2)13-8-9-15(25-18(19)20)16(10-13)24-3/h4-10,18H,1-3H3,(H,22,23)/b21-12-. The fourth-order valence-electron chi connectivity index (χ4n) is 2.17. The molecule has 0 aliphatic rings. The zero-order chi connectivity index (χ0) is 18.4. The molecule has 5 nitrogen and oxygen atoms in total. The number of rotatable bonds is 6. The van der Waals surface area contributed by atoms with Crippen molar-refractivity contribution < 1.29 is 23.0 Å². The molecular formula is C18H18F2N2O3. The molecule has 0 spiro atoms. The minimum absolute atomic E-state index is 0.0713. The zero-order valence-electron chi connectivity index (χ0n) is 14.0. The Hall–Kier alpha value is -2.96. The molecule has 132 valence electrons. The van der Waals surface area contributed by atoms with Gasteiger partial charge in [0, 0.05) is 11.1 Å². The summed E-state index contributed by atoms with van der Waals surface area (Å²) >= 11 is 0. The molecule has 0 aliphatic heterocycles. The second-order valence-corrected chi connectivity index (χ2v) is 5.20. The Balaban J connectivity index is 2.16. The van der Waals surface area contributed by atoms with E-state index in [1.807, 2.05) is 19.1 Å². The van der Waals surface area contributed by atoms with Crippen molar-refractivity contribution in [2.75, 3.05) is 7.11 Å². The van der Waals surface area contributed by atoms with Crippen LogP contribution in [0.1, 0.15) is 28.4 Å². The lowest BCUT2D eigenvalue weighted by atomic mass is 10.1. The molecule has 0 atom stereocenters. The van der Waals surface area contributed by atoms with Crippen molar-refractivity contribution in [3.63, 3.8) is 0 Å². The van der Waals surface area contributed by atoms with Gasteiger partial charge in [-0.1, -0.05) is 18.2 Å². The molecule has 2 aromatic carbocycles. The normalized spacial score (nSPS) is 11.4. The van der Waals surface area contributed by atoms with Gasteiger partial charge in [0.15, 0.2) is 11.5 Å². The molecule has 0 aromatic heterocycles. The first kappa shape index (κ1) is 18.4. The maximum Gasteiger partial charge on any atom is 0.387 e. The minimum atomic E-state index is -2.94. The lowest BCUT2D eigenvalue weighted by Gasteiger charge is -2.11. The number of nitrogens with one attached hydrogen (secondary N) is 1. The molecule has 1 N–H and O–H groups in total. The fraction of sp³-hybridized carbons (Fsp3) is 0.222. The van der Waals surface area contributed by atoms with Gasteiger partial charge in [-0.25, -0.2) is 5.43 Å². The van der Waals surface area contributed by atoms with Crippen LogP contribution >= 0.6 is 0 Å². The number of amides is 1. The average molecular weight is 348 g/mol. The molecule has 25 heavy (non-hydrogen) atoms. The monoisotopic (exact) mass is 348 g/mol. The third kappa shape index (κ3) is 4.76. The van der Waals surface area contributed by atoms with Crippen LogP contribution in [-0.2, 0) is 0 Å². The summed E-state index contributed by atoms with van der Waals surface area (Å²) in [7, 11) is 1.35. The largest absolute Gasteiger partial charge is 0.493 e. The van der Waals surface area contributed by atoms with E-state index in [1.165, 1.54) is 19.2 Å². The van der Waals surface area contributed by atoms with Crippen molar-refractivity contribution in [1.29, 1.82) is 0 Å². The third-order valence-electron chi connectivity index (χ3n) is 3.51. The van der Waals surface area contributed by atoms with Gasteiger partial charge in [-0.3, -0.25) is 4.79 Å². The number of hydrazone groups is 1. The molecule has 0 heterocycles. The Morgan fingerprint density at radius 1 is 1.16 bits per heavy atom. The van der Waals surface area contributed by atoms with Gasteiger partial charge in [-0.05, 0) is 43.7 Å². The Bertz CT molecular complexity index is 792. The predicted octanol–water partition coefficient (Wildman–Crippen LogP) is 3.76. The van der Waals surface area contributed by atoms with Gasteiger partial charge in [-0.2, -0.15) is 13.9 Å².